The molecule has 0 unspecified atom stereocenters. The molecular weight excluding hydrogens is 376 g/mol. The van der Waals surface area contributed by atoms with Crippen molar-refractivity contribution in [1.29, 1.82) is 0 Å². The Kier molecular flexibility index (Phi) is 7.32. The number of oxazole rings is 1. The number of hydrogen-bond donors (Lipinski definition) is 0. The highest BCUT2D eigenvalue weighted by Gasteiger charge is 2.21. The lowest BCUT2D eigenvalue weighted by Gasteiger charge is -2.34. The van der Waals surface area contributed by atoms with Crippen LogP contribution >= 0.6 is 0 Å². The molecule has 1 aliphatic rings. The molecule has 1 fully saturated rings. The number of hydrogen-bond acceptors (Lipinski definition) is 5. The van der Waals surface area contributed by atoms with Gasteiger partial charge in [0.05, 0.1) is 6.54 Å². The molecule has 0 bridgehead atoms. The van der Waals surface area contributed by atoms with E-state index in [9.17, 15) is 4.79 Å². The van der Waals surface area contributed by atoms with Gasteiger partial charge >= 0.3 is 0 Å². The van der Waals surface area contributed by atoms with Crippen molar-refractivity contribution < 1.29 is 9.21 Å². The minimum atomic E-state index is -0.0749. The van der Waals surface area contributed by atoms with Gasteiger partial charge in [-0.2, -0.15) is 0 Å². The van der Waals surface area contributed by atoms with Crippen molar-refractivity contribution in [1.82, 2.24) is 19.7 Å². The van der Waals surface area contributed by atoms with Crippen LogP contribution < -0.4 is 0 Å². The highest BCUT2D eigenvalue weighted by Crippen LogP contribution is 2.22. The SMILES string of the molecule is CCCN(C)C(=O)c1coc(CN2CCN(Cc3ccc(C(C)(C)C)cc3)CC2)n1. The van der Waals surface area contributed by atoms with Crippen LogP contribution in [-0.4, -0.2) is 65.4 Å². The van der Waals surface area contributed by atoms with Crippen LogP contribution in [0.4, 0.5) is 0 Å². The largest absolute Gasteiger partial charge is 0.447 e. The third-order valence-electron chi connectivity index (χ3n) is 5.73. The summed E-state index contributed by atoms with van der Waals surface area (Å²) in [7, 11) is 1.80. The third-order valence-corrected chi connectivity index (χ3v) is 5.73. The molecular formula is C24H36N4O2. The number of rotatable bonds is 7. The first-order valence-electron chi connectivity index (χ1n) is 11.0. The summed E-state index contributed by atoms with van der Waals surface area (Å²) in [6.45, 7) is 15.1. The number of benzene rings is 1. The maximum absolute atomic E-state index is 12.3. The van der Waals surface area contributed by atoms with E-state index in [0.717, 1.165) is 45.7 Å². The van der Waals surface area contributed by atoms with Gasteiger partial charge in [0.25, 0.3) is 5.91 Å². The van der Waals surface area contributed by atoms with Crippen LogP contribution in [0.5, 0.6) is 0 Å². The zero-order valence-corrected chi connectivity index (χ0v) is 19.1. The molecule has 1 amide bonds. The standard InChI is InChI=1S/C24H36N4O2/c1-6-11-26(5)23(29)21-18-30-22(25-21)17-28-14-12-27(13-15-28)16-19-7-9-20(10-8-19)24(2,3)4/h7-10,18H,6,11-17H2,1-5H3. The molecule has 1 saturated heterocycles. The van der Waals surface area contributed by atoms with Crippen LogP contribution in [0.25, 0.3) is 0 Å². The van der Waals surface area contributed by atoms with E-state index in [1.807, 2.05) is 0 Å². The molecule has 3 rings (SSSR count). The van der Waals surface area contributed by atoms with E-state index >= 15 is 0 Å². The summed E-state index contributed by atoms with van der Waals surface area (Å²) < 4.78 is 5.56. The number of carbonyl (C=O) groups excluding carboxylic acids is 1. The number of amides is 1. The molecule has 2 heterocycles. The zero-order valence-electron chi connectivity index (χ0n) is 19.1. The van der Waals surface area contributed by atoms with E-state index in [0.29, 0.717) is 18.1 Å². The summed E-state index contributed by atoms with van der Waals surface area (Å²) in [6, 6.07) is 9.03. The van der Waals surface area contributed by atoms with Gasteiger partial charge in [0.15, 0.2) is 5.69 Å². The van der Waals surface area contributed by atoms with Gasteiger partial charge in [0.1, 0.15) is 6.26 Å². The highest BCUT2D eigenvalue weighted by atomic mass is 16.3. The van der Waals surface area contributed by atoms with Crippen LogP contribution in [-0.2, 0) is 18.5 Å². The van der Waals surface area contributed by atoms with Crippen LogP contribution in [0.15, 0.2) is 34.9 Å². The molecule has 2 aromatic rings. The van der Waals surface area contributed by atoms with Crippen LogP contribution in [0.2, 0.25) is 0 Å². The Balaban J connectivity index is 1.46. The van der Waals surface area contributed by atoms with Crippen molar-refractivity contribution in [3.05, 3.63) is 53.2 Å². The van der Waals surface area contributed by atoms with Crippen molar-refractivity contribution in [3.63, 3.8) is 0 Å². The molecule has 6 nitrogen and oxygen atoms in total. The Morgan fingerprint density at radius 1 is 1.07 bits per heavy atom. The van der Waals surface area contributed by atoms with Gasteiger partial charge in [0.2, 0.25) is 5.89 Å². The predicted molar refractivity (Wildman–Crippen MR) is 119 cm³/mol. The van der Waals surface area contributed by atoms with Crippen molar-refractivity contribution >= 4 is 5.91 Å². The van der Waals surface area contributed by atoms with Crippen molar-refractivity contribution in [2.75, 3.05) is 39.8 Å². The van der Waals surface area contributed by atoms with Crippen LogP contribution in [0.1, 0.15) is 61.6 Å². The number of nitrogens with zero attached hydrogens (tertiary/aromatic N) is 4. The normalized spacial score (nSPS) is 16.0. The highest BCUT2D eigenvalue weighted by molar-refractivity contribution is 5.91. The Morgan fingerprint density at radius 3 is 2.23 bits per heavy atom. The molecule has 164 valence electrons. The van der Waals surface area contributed by atoms with E-state index in [-0.39, 0.29) is 11.3 Å². The molecule has 0 N–H and O–H groups in total. The Bertz CT molecular complexity index is 814. The summed E-state index contributed by atoms with van der Waals surface area (Å²) in [6.07, 6.45) is 2.42. The summed E-state index contributed by atoms with van der Waals surface area (Å²) in [5, 5.41) is 0. The molecule has 30 heavy (non-hydrogen) atoms. The second-order valence-corrected chi connectivity index (χ2v) is 9.35. The smallest absolute Gasteiger partial charge is 0.275 e. The van der Waals surface area contributed by atoms with Gasteiger partial charge in [0, 0.05) is 46.3 Å². The first-order chi connectivity index (χ1) is 14.3. The summed E-state index contributed by atoms with van der Waals surface area (Å²) in [5.74, 6) is 0.545. The van der Waals surface area contributed by atoms with E-state index in [1.54, 1.807) is 11.9 Å². The summed E-state index contributed by atoms with van der Waals surface area (Å²) >= 11 is 0. The van der Waals surface area contributed by atoms with Crippen molar-refractivity contribution in [3.8, 4) is 0 Å². The average Bonchev–Trinajstić information content (AvgIpc) is 3.17. The van der Waals surface area contributed by atoms with E-state index < -0.39 is 0 Å². The molecule has 6 heteroatoms. The van der Waals surface area contributed by atoms with Gasteiger partial charge in [-0.05, 0) is 23.0 Å². The van der Waals surface area contributed by atoms with Crippen LogP contribution in [0.3, 0.4) is 0 Å². The zero-order chi connectivity index (χ0) is 21.7. The molecule has 0 spiro atoms. The Hall–Kier alpha value is -2.18. The van der Waals surface area contributed by atoms with Gasteiger partial charge in [-0.1, -0.05) is 52.0 Å². The van der Waals surface area contributed by atoms with Gasteiger partial charge in [-0.3, -0.25) is 14.6 Å². The first kappa shape index (κ1) is 22.5. The lowest BCUT2D eigenvalue weighted by Crippen LogP contribution is -2.45. The van der Waals surface area contributed by atoms with E-state index in [2.05, 4.69) is 66.7 Å². The second kappa shape index (κ2) is 9.75. The second-order valence-electron chi connectivity index (χ2n) is 9.35. The minimum absolute atomic E-state index is 0.0749. The fraction of sp³-hybridized carbons (Fsp3) is 0.583. The van der Waals surface area contributed by atoms with Gasteiger partial charge in [-0.15, -0.1) is 0 Å². The van der Waals surface area contributed by atoms with E-state index in [4.69, 9.17) is 4.42 Å². The average molecular weight is 413 g/mol. The lowest BCUT2D eigenvalue weighted by molar-refractivity contribution is 0.0789. The molecule has 0 atom stereocenters. The van der Waals surface area contributed by atoms with E-state index in [1.165, 1.54) is 17.4 Å². The molecule has 0 saturated carbocycles. The first-order valence-corrected chi connectivity index (χ1v) is 11.0. The topological polar surface area (TPSA) is 52.8 Å². The number of carbonyl (C=O) groups is 1. The molecule has 0 aliphatic carbocycles. The maximum Gasteiger partial charge on any atom is 0.275 e. The molecule has 0 radical (unpaired) electrons. The maximum atomic E-state index is 12.3. The predicted octanol–water partition coefficient (Wildman–Crippen LogP) is 3.77. The van der Waals surface area contributed by atoms with Crippen molar-refractivity contribution in [2.45, 2.75) is 52.6 Å². The minimum Gasteiger partial charge on any atom is -0.447 e. The summed E-state index contributed by atoms with van der Waals surface area (Å²) in [5.41, 5.74) is 3.34. The van der Waals surface area contributed by atoms with Crippen LogP contribution in [0, 0.1) is 0 Å². The molecule has 1 aliphatic heterocycles. The van der Waals surface area contributed by atoms with Crippen molar-refractivity contribution in [2.24, 2.45) is 0 Å². The fourth-order valence-corrected chi connectivity index (χ4v) is 3.78. The Morgan fingerprint density at radius 2 is 1.67 bits per heavy atom. The lowest BCUT2D eigenvalue weighted by atomic mass is 9.87. The molecule has 1 aromatic heterocycles. The van der Waals surface area contributed by atoms with Gasteiger partial charge in [-0.25, -0.2) is 4.98 Å². The quantitative estimate of drug-likeness (QED) is 0.693. The van der Waals surface area contributed by atoms with Gasteiger partial charge < -0.3 is 9.32 Å². The number of piperazine rings is 1. The monoisotopic (exact) mass is 412 g/mol. The molecule has 1 aromatic carbocycles. The third kappa shape index (κ3) is 5.92. The Labute approximate surface area is 180 Å². The summed E-state index contributed by atoms with van der Waals surface area (Å²) in [4.78, 5) is 23.2. The fourth-order valence-electron chi connectivity index (χ4n) is 3.78. The number of aromatic nitrogens is 1.